The normalized spacial score (nSPS) is 23.0. The summed E-state index contributed by atoms with van der Waals surface area (Å²) in [6.07, 6.45) is 0.892. The van der Waals surface area contributed by atoms with Crippen molar-refractivity contribution in [1.29, 1.82) is 0 Å². The van der Waals surface area contributed by atoms with Gasteiger partial charge in [-0.25, -0.2) is 0 Å². The van der Waals surface area contributed by atoms with Gasteiger partial charge in [0.1, 0.15) is 0 Å². The molecule has 0 aromatic heterocycles. The first-order chi connectivity index (χ1) is 11.8. The van der Waals surface area contributed by atoms with Gasteiger partial charge in [0, 0.05) is 23.1 Å². The van der Waals surface area contributed by atoms with Crippen molar-refractivity contribution in [2.75, 3.05) is 20.3 Å². The Hall–Kier alpha value is -1.73. The fourth-order valence-corrected chi connectivity index (χ4v) is 4.59. The van der Waals surface area contributed by atoms with E-state index in [1.807, 2.05) is 24.3 Å². The molecule has 3 aliphatic heterocycles. The first-order valence-electron chi connectivity index (χ1n) is 7.91. The summed E-state index contributed by atoms with van der Waals surface area (Å²) in [7, 11) is 1.56. The first kappa shape index (κ1) is 14.6. The number of rotatable bonds is 1. The summed E-state index contributed by atoms with van der Waals surface area (Å²) in [4.78, 5) is 2.07. The number of hydrogen-bond acceptors (Lipinski definition) is 6. The Morgan fingerprint density at radius 1 is 1.04 bits per heavy atom. The van der Waals surface area contributed by atoms with E-state index in [2.05, 4.69) is 12.1 Å². The predicted molar refractivity (Wildman–Crippen MR) is 86.4 cm³/mol. The highest BCUT2D eigenvalue weighted by Crippen LogP contribution is 2.57. The quantitative estimate of drug-likeness (QED) is 0.789. The van der Waals surface area contributed by atoms with Crippen molar-refractivity contribution in [2.45, 2.75) is 28.5 Å². The third kappa shape index (κ3) is 1.94. The smallest absolute Gasteiger partial charge is 0.360 e. The molecule has 24 heavy (non-hydrogen) atoms. The molecule has 2 aromatic rings. The van der Waals surface area contributed by atoms with E-state index in [9.17, 15) is 0 Å². The zero-order valence-electron chi connectivity index (χ0n) is 13.1. The highest BCUT2D eigenvalue weighted by Gasteiger charge is 2.47. The Morgan fingerprint density at radius 2 is 1.88 bits per heavy atom. The second-order valence-corrected chi connectivity index (χ2v) is 6.85. The molecule has 1 fully saturated rings. The summed E-state index contributed by atoms with van der Waals surface area (Å²) in [6, 6.07) is 12.1. The third-order valence-corrected chi connectivity index (χ3v) is 5.60. The number of fused-ring (bicyclic) bond motifs is 6. The van der Waals surface area contributed by atoms with Gasteiger partial charge in [-0.15, -0.1) is 0 Å². The molecule has 1 unspecified atom stereocenters. The van der Waals surface area contributed by atoms with Crippen LogP contribution in [0, 0.1) is 0 Å². The number of hydrogen-bond donors (Lipinski definition) is 0. The van der Waals surface area contributed by atoms with Crippen LogP contribution in [0.2, 0.25) is 0 Å². The Kier molecular flexibility index (Phi) is 3.28. The van der Waals surface area contributed by atoms with E-state index < -0.39 is 12.3 Å². The van der Waals surface area contributed by atoms with Crippen LogP contribution < -0.4 is 9.47 Å². The summed E-state index contributed by atoms with van der Waals surface area (Å²) in [5.74, 6) is 0.494. The SMILES string of the molecule is COC1Oc2ccc3c(c2O1)Sc1ccccc1C31OCCCO1. The lowest BCUT2D eigenvalue weighted by Gasteiger charge is -2.42. The van der Waals surface area contributed by atoms with Gasteiger partial charge in [-0.1, -0.05) is 30.0 Å². The van der Waals surface area contributed by atoms with Crippen molar-refractivity contribution in [1.82, 2.24) is 0 Å². The largest absolute Gasteiger partial charge is 0.428 e. The molecule has 0 aliphatic carbocycles. The molecule has 0 saturated carbocycles. The molecule has 124 valence electrons. The van der Waals surface area contributed by atoms with Crippen LogP contribution in [0.3, 0.4) is 0 Å². The summed E-state index contributed by atoms with van der Waals surface area (Å²) >= 11 is 1.65. The number of ether oxygens (including phenoxy) is 5. The van der Waals surface area contributed by atoms with Gasteiger partial charge in [0.25, 0.3) is 0 Å². The van der Waals surface area contributed by atoms with Crippen LogP contribution in [0.1, 0.15) is 17.5 Å². The fourth-order valence-electron chi connectivity index (χ4n) is 3.36. The maximum Gasteiger partial charge on any atom is 0.360 e. The van der Waals surface area contributed by atoms with Gasteiger partial charge in [0.15, 0.2) is 11.5 Å². The molecule has 5 nitrogen and oxygen atoms in total. The van der Waals surface area contributed by atoms with Crippen molar-refractivity contribution in [2.24, 2.45) is 0 Å². The molecular weight excluding hydrogens is 328 g/mol. The van der Waals surface area contributed by atoms with Gasteiger partial charge in [0.2, 0.25) is 5.79 Å². The van der Waals surface area contributed by atoms with Crippen LogP contribution in [-0.4, -0.2) is 26.8 Å². The molecule has 2 aromatic carbocycles. The lowest BCUT2D eigenvalue weighted by Crippen LogP contribution is -2.41. The van der Waals surface area contributed by atoms with Gasteiger partial charge < -0.3 is 23.7 Å². The second kappa shape index (κ2) is 5.39. The van der Waals surface area contributed by atoms with Gasteiger partial charge in [-0.3, -0.25) is 0 Å². The summed E-state index contributed by atoms with van der Waals surface area (Å²) in [5.41, 5.74) is 2.01. The van der Waals surface area contributed by atoms with Crippen molar-refractivity contribution < 1.29 is 23.7 Å². The molecule has 3 heterocycles. The number of methoxy groups -OCH3 is 1. The lowest BCUT2D eigenvalue weighted by molar-refractivity contribution is -0.252. The molecule has 0 N–H and O–H groups in total. The van der Waals surface area contributed by atoms with Gasteiger partial charge in [0.05, 0.1) is 18.1 Å². The standard InChI is InChI=1S/C18H16O5S/c1-19-17-22-13-8-7-12-16(15(13)23-17)24-14-6-3-2-5-11(14)18(12)20-9-4-10-21-18/h2-3,5-8,17H,4,9-10H2,1H3. The van der Waals surface area contributed by atoms with Crippen molar-refractivity contribution in [3.05, 3.63) is 47.5 Å². The summed E-state index contributed by atoms with van der Waals surface area (Å²) in [5, 5.41) is 0. The average molecular weight is 344 g/mol. The minimum Gasteiger partial charge on any atom is -0.428 e. The number of benzene rings is 2. The molecule has 1 saturated heterocycles. The molecule has 1 atom stereocenters. The molecular formula is C18H16O5S. The zero-order valence-corrected chi connectivity index (χ0v) is 13.9. The Balaban J connectivity index is 1.72. The predicted octanol–water partition coefficient (Wildman–Crippen LogP) is 3.49. The summed E-state index contributed by atoms with van der Waals surface area (Å²) in [6.45, 7) is 0.606. The fraction of sp³-hybridized carbons (Fsp3) is 0.333. The van der Waals surface area contributed by atoms with E-state index in [1.165, 1.54) is 0 Å². The van der Waals surface area contributed by atoms with Gasteiger partial charge in [-0.2, -0.15) is 0 Å². The van der Waals surface area contributed by atoms with E-state index >= 15 is 0 Å². The van der Waals surface area contributed by atoms with Crippen LogP contribution >= 0.6 is 11.8 Å². The van der Waals surface area contributed by atoms with E-state index in [0.29, 0.717) is 24.7 Å². The molecule has 3 aliphatic rings. The molecule has 0 amide bonds. The van der Waals surface area contributed by atoms with Crippen LogP contribution in [0.15, 0.2) is 46.2 Å². The molecule has 6 heteroatoms. The molecule has 5 rings (SSSR count). The summed E-state index contributed by atoms with van der Waals surface area (Å²) < 4.78 is 29.1. The van der Waals surface area contributed by atoms with Crippen LogP contribution in [0.25, 0.3) is 0 Å². The highest BCUT2D eigenvalue weighted by molar-refractivity contribution is 7.99. The lowest BCUT2D eigenvalue weighted by atomic mass is 9.95. The maximum absolute atomic E-state index is 6.21. The van der Waals surface area contributed by atoms with Crippen molar-refractivity contribution >= 4 is 11.8 Å². The van der Waals surface area contributed by atoms with Gasteiger partial charge in [-0.05, 0) is 24.6 Å². The topological polar surface area (TPSA) is 46.2 Å². The highest BCUT2D eigenvalue weighted by atomic mass is 32.2. The maximum atomic E-state index is 6.21. The molecule has 0 bridgehead atoms. The van der Waals surface area contributed by atoms with Crippen molar-refractivity contribution in [3.8, 4) is 11.5 Å². The van der Waals surface area contributed by atoms with E-state index in [-0.39, 0.29) is 0 Å². The Labute approximate surface area is 143 Å². The third-order valence-electron chi connectivity index (χ3n) is 4.41. The first-order valence-corrected chi connectivity index (χ1v) is 8.72. The average Bonchev–Trinajstić information content (AvgIpc) is 3.07. The van der Waals surface area contributed by atoms with E-state index in [0.717, 1.165) is 27.3 Å². The minimum absolute atomic E-state index is 0.660. The minimum atomic E-state index is -0.876. The van der Waals surface area contributed by atoms with E-state index in [1.54, 1.807) is 18.9 Å². The Morgan fingerprint density at radius 3 is 2.71 bits per heavy atom. The molecule has 1 spiro atoms. The monoisotopic (exact) mass is 344 g/mol. The zero-order chi connectivity index (χ0) is 16.1. The molecule has 0 radical (unpaired) electrons. The second-order valence-electron chi connectivity index (χ2n) is 5.79. The Bertz CT molecular complexity index is 800. The van der Waals surface area contributed by atoms with Gasteiger partial charge >= 0.3 is 6.48 Å². The van der Waals surface area contributed by atoms with Crippen molar-refractivity contribution in [3.63, 3.8) is 0 Å². The van der Waals surface area contributed by atoms with Crippen LogP contribution in [0.5, 0.6) is 11.5 Å². The van der Waals surface area contributed by atoms with E-state index in [4.69, 9.17) is 23.7 Å². The van der Waals surface area contributed by atoms with Crippen LogP contribution in [0.4, 0.5) is 0 Å². The van der Waals surface area contributed by atoms with Crippen LogP contribution in [-0.2, 0) is 20.0 Å².